The molecule has 0 aliphatic carbocycles. The van der Waals surface area contributed by atoms with Gasteiger partial charge in [-0.25, -0.2) is 0 Å². The number of phenols is 1. The first-order chi connectivity index (χ1) is 14.4. The molecule has 0 fully saturated rings. The third kappa shape index (κ3) is 7.35. The molecule has 5 nitrogen and oxygen atoms in total. The van der Waals surface area contributed by atoms with Gasteiger partial charge in [-0.3, -0.25) is 9.59 Å². The normalized spacial score (nSPS) is 13.8. The smallest absolute Gasteiger partial charge is 0.304 e. The maximum atomic E-state index is 11.6. The van der Waals surface area contributed by atoms with Gasteiger partial charge in [-0.1, -0.05) is 47.5 Å². The molecule has 176 valence electrons. The Morgan fingerprint density at radius 2 is 1.26 bits per heavy atom. The van der Waals surface area contributed by atoms with Gasteiger partial charge in [0.2, 0.25) is 0 Å². The lowest BCUT2D eigenvalue weighted by Gasteiger charge is -2.33. The average Bonchev–Trinajstić information content (AvgIpc) is 2.61. The third-order valence-electron chi connectivity index (χ3n) is 5.48. The van der Waals surface area contributed by atoms with E-state index in [9.17, 15) is 24.9 Å². The van der Waals surface area contributed by atoms with Crippen molar-refractivity contribution in [1.29, 1.82) is 0 Å². The van der Waals surface area contributed by atoms with E-state index < -0.39 is 27.9 Å². The van der Waals surface area contributed by atoms with Gasteiger partial charge in [-0.05, 0) is 47.8 Å². The highest BCUT2D eigenvalue weighted by atomic mass is 32.1. The van der Waals surface area contributed by atoms with Crippen LogP contribution in [0.1, 0.15) is 111 Å². The van der Waals surface area contributed by atoms with Gasteiger partial charge in [0.25, 0.3) is 0 Å². The molecule has 0 bridgehead atoms. The SMILES string of the molecule is CCCCc1c(C(S)CC(=O)O)c(O)c(C(C)(C)C)c(CCCC)c1C(S)CC(=O)O. The van der Waals surface area contributed by atoms with E-state index in [-0.39, 0.29) is 18.6 Å². The van der Waals surface area contributed by atoms with Gasteiger partial charge in [0, 0.05) is 21.6 Å². The Morgan fingerprint density at radius 3 is 1.65 bits per heavy atom. The van der Waals surface area contributed by atoms with Crippen LogP contribution in [0.3, 0.4) is 0 Å². The van der Waals surface area contributed by atoms with Gasteiger partial charge in [0.05, 0.1) is 12.8 Å². The molecular formula is C24H38O5S2. The van der Waals surface area contributed by atoms with Gasteiger partial charge in [0.1, 0.15) is 5.75 Å². The Bertz CT molecular complexity index is 783. The zero-order chi connectivity index (χ0) is 23.9. The van der Waals surface area contributed by atoms with E-state index in [2.05, 4.69) is 26.5 Å². The van der Waals surface area contributed by atoms with Crippen molar-refractivity contribution < 1.29 is 24.9 Å². The predicted octanol–water partition coefficient (Wildman–Crippen LogP) is 6.27. The Morgan fingerprint density at radius 1 is 0.839 bits per heavy atom. The van der Waals surface area contributed by atoms with Crippen LogP contribution in [-0.2, 0) is 27.8 Å². The molecule has 7 heteroatoms. The number of phenolic OH excluding ortho intramolecular Hbond substituents is 1. The number of carboxylic acid groups (broad SMARTS) is 2. The number of unbranched alkanes of at least 4 members (excludes halogenated alkanes) is 2. The van der Waals surface area contributed by atoms with Crippen molar-refractivity contribution in [2.75, 3.05) is 0 Å². The summed E-state index contributed by atoms with van der Waals surface area (Å²) >= 11 is 9.27. The van der Waals surface area contributed by atoms with Crippen LogP contribution in [0.2, 0.25) is 0 Å². The fourth-order valence-corrected chi connectivity index (χ4v) is 5.12. The van der Waals surface area contributed by atoms with Crippen LogP contribution in [0.5, 0.6) is 5.75 Å². The molecule has 0 heterocycles. The van der Waals surface area contributed by atoms with E-state index in [0.29, 0.717) is 18.4 Å². The van der Waals surface area contributed by atoms with Gasteiger partial charge >= 0.3 is 11.9 Å². The second-order valence-electron chi connectivity index (χ2n) is 9.19. The molecule has 2 unspecified atom stereocenters. The zero-order valence-electron chi connectivity index (χ0n) is 19.4. The van der Waals surface area contributed by atoms with E-state index in [1.54, 1.807) is 0 Å². The summed E-state index contributed by atoms with van der Waals surface area (Å²) in [6.45, 7) is 10.2. The highest BCUT2D eigenvalue weighted by Gasteiger charge is 2.34. The van der Waals surface area contributed by atoms with E-state index in [0.717, 1.165) is 47.9 Å². The lowest BCUT2D eigenvalue weighted by Crippen LogP contribution is -2.21. The van der Waals surface area contributed by atoms with Crippen molar-refractivity contribution in [3.63, 3.8) is 0 Å². The summed E-state index contributed by atoms with van der Waals surface area (Å²) in [5, 5.41) is 29.1. The van der Waals surface area contributed by atoms with Crippen LogP contribution in [0.15, 0.2) is 0 Å². The Balaban J connectivity index is 4.07. The highest BCUT2D eigenvalue weighted by Crippen LogP contribution is 2.49. The van der Waals surface area contributed by atoms with E-state index in [1.807, 2.05) is 20.8 Å². The maximum Gasteiger partial charge on any atom is 0.304 e. The van der Waals surface area contributed by atoms with Crippen LogP contribution in [-0.4, -0.2) is 27.3 Å². The summed E-state index contributed by atoms with van der Waals surface area (Å²) in [6.07, 6.45) is 4.55. The van der Waals surface area contributed by atoms with E-state index in [4.69, 9.17) is 12.6 Å². The van der Waals surface area contributed by atoms with E-state index in [1.165, 1.54) is 0 Å². The molecule has 1 rings (SSSR count). The number of carboxylic acids is 2. The predicted molar refractivity (Wildman–Crippen MR) is 132 cm³/mol. The summed E-state index contributed by atoms with van der Waals surface area (Å²) < 4.78 is 0. The van der Waals surface area contributed by atoms with Crippen molar-refractivity contribution in [1.82, 2.24) is 0 Å². The minimum absolute atomic E-state index is 0.102. The number of thiol groups is 2. The van der Waals surface area contributed by atoms with Crippen molar-refractivity contribution in [2.45, 2.75) is 102 Å². The summed E-state index contributed by atoms with van der Waals surface area (Å²) in [6, 6.07) is 0. The standard InChI is InChI=1S/C24H38O5S2/c1-6-8-10-14-20(16(30)12-18(25)26)15(11-9-7-2)22(24(3,4)5)23(29)21(14)17(31)13-19(27)28/h16-17,29-31H,6-13H2,1-5H3,(H,25,26)(H,27,28). The number of carbonyl (C=O) groups is 2. The molecule has 0 aliphatic rings. The molecule has 0 saturated carbocycles. The van der Waals surface area contributed by atoms with Crippen LogP contribution in [0.25, 0.3) is 0 Å². The van der Waals surface area contributed by atoms with Crippen LogP contribution < -0.4 is 0 Å². The molecule has 0 aromatic heterocycles. The van der Waals surface area contributed by atoms with Crippen LogP contribution in [0, 0.1) is 0 Å². The van der Waals surface area contributed by atoms with Crippen LogP contribution in [0.4, 0.5) is 0 Å². The lowest BCUT2D eigenvalue weighted by molar-refractivity contribution is -0.138. The Labute approximate surface area is 197 Å². The van der Waals surface area contributed by atoms with E-state index >= 15 is 0 Å². The highest BCUT2D eigenvalue weighted by molar-refractivity contribution is 7.80. The first kappa shape index (κ1) is 27.7. The fourth-order valence-electron chi connectivity index (χ4n) is 4.22. The first-order valence-corrected chi connectivity index (χ1v) is 12.1. The van der Waals surface area contributed by atoms with Gasteiger partial charge in [-0.15, -0.1) is 0 Å². The molecule has 1 aromatic rings. The quantitative estimate of drug-likeness (QED) is 0.232. The second-order valence-corrected chi connectivity index (χ2v) is 10.4. The second kappa shape index (κ2) is 12.0. The monoisotopic (exact) mass is 470 g/mol. The van der Waals surface area contributed by atoms with Crippen molar-refractivity contribution in [3.05, 3.63) is 27.8 Å². The molecule has 0 spiro atoms. The minimum atomic E-state index is -0.997. The number of benzene rings is 1. The average molecular weight is 471 g/mol. The molecule has 31 heavy (non-hydrogen) atoms. The summed E-state index contributed by atoms with van der Waals surface area (Å²) in [7, 11) is 0. The molecule has 1 aromatic carbocycles. The summed E-state index contributed by atoms with van der Waals surface area (Å²) in [5.41, 5.74) is 3.46. The van der Waals surface area contributed by atoms with Crippen molar-refractivity contribution in [3.8, 4) is 5.75 Å². The maximum absolute atomic E-state index is 11.6. The molecule has 2 atom stereocenters. The third-order valence-corrected chi connectivity index (χ3v) is 6.36. The zero-order valence-corrected chi connectivity index (χ0v) is 21.2. The Kier molecular flexibility index (Phi) is 10.8. The number of aromatic hydroxyl groups is 1. The number of hydrogen-bond acceptors (Lipinski definition) is 5. The molecule has 0 saturated heterocycles. The Hall–Kier alpha value is -1.34. The van der Waals surface area contributed by atoms with Gasteiger partial charge in [0.15, 0.2) is 0 Å². The first-order valence-electron chi connectivity index (χ1n) is 11.1. The van der Waals surface area contributed by atoms with Gasteiger partial charge < -0.3 is 15.3 Å². The lowest BCUT2D eigenvalue weighted by atomic mass is 9.74. The topological polar surface area (TPSA) is 94.8 Å². The number of hydrogen-bond donors (Lipinski definition) is 5. The molecular weight excluding hydrogens is 432 g/mol. The molecule has 0 radical (unpaired) electrons. The van der Waals surface area contributed by atoms with Crippen molar-refractivity contribution in [2.24, 2.45) is 0 Å². The molecule has 3 N–H and O–H groups in total. The van der Waals surface area contributed by atoms with Crippen LogP contribution >= 0.6 is 25.3 Å². The largest absolute Gasteiger partial charge is 0.507 e. The van der Waals surface area contributed by atoms with Gasteiger partial charge in [-0.2, -0.15) is 25.3 Å². The summed E-state index contributed by atoms with van der Waals surface area (Å²) in [5.74, 6) is -1.84. The minimum Gasteiger partial charge on any atom is -0.507 e. The summed E-state index contributed by atoms with van der Waals surface area (Å²) in [4.78, 5) is 23.0. The van der Waals surface area contributed by atoms with Crippen molar-refractivity contribution >= 4 is 37.2 Å². The molecule has 0 amide bonds. The fraction of sp³-hybridized carbons (Fsp3) is 0.667. The number of aliphatic carboxylic acids is 2. The molecule has 0 aliphatic heterocycles. The number of rotatable bonds is 12.